The van der Waals surface area contributed by atoms with Gasteiger partial charge in [-0.15, -0.1) is 0 Å². The Balaban J connectivity index is 1.77. The van der Waals surface area contributed by atoms with Gasteiger partial charge in [0, 0.05) is 18.6 Å². The number of nitrogens with one attached hydrogen (secondary N) is 1. The molecule has 0 aromatic heterocycles. The van der Waals surface area contributed by atoms with E-state index in [2.05, 4.69) is 31.0 Å². The summed E-state index contributed by atoms with van der Waals surface area (Å²) in [6, 6.07) is 1.66. The predicted molar refractivity (Wildman–Crippen MR) is 78.9 cm³/mol. The maximum Gasteiger partial charge on any atom is 0.0195 e. The highest BCUT2D eigenvalue weighted by Gasteiger charge is 2.35. The van der Waals surface area contributed by atoms with Crippen molar-refractivity contribution >= 4 is 0 Å². The van der Waals surface area contributed by atoms with Crippen molar-refractivity contribution in [3.8, 4) is 0 Å². The van der Waals surface area contributed by atoms with Crippen LogP contribution in [0.3, 0.4) is 0 Å². The summed E-state index contributed by atoms with van der Waals surface area (Å²) in [4.78, 5) is 2.78. The molecule has 106 valence electrons. The van der Waals surface area contributed by atoms with Gasteiger partial charge in [-0.05, 0) is 57.0 Å². The van der Waals surface area contributed by atoms with Crippen molar-refractivity contribution in [2.75, 3.05) is 19.6 Å². The lowest BCUT2D eigenvalue weighted by atomic mass is 9.73. The molecule has 2 heteroatoms. The molecule has 1 unspecified atom stereocenters. The molecule has 2 fully saturated rings. The molecular formula is C16H32N2. The molecule has 2 aliphatic rings. The highest BCUT2D eigenvalue weighted by atomic mass is 15.2. The molecule has 18 heavy (non-hydrogen) atoms. The highest BCUT2D eigenvalue weighted by Crippen LogP contribution is 2.37. The number of piperidine rings is 1. The zero-order valence-electron chi connectivity index (χ0n) is 12.6. The van der Waals surface area contributed by atoms with E-state index in [1.807, 2.05) is 0 Å². The Hall–Kier alpha value is -0.0800. The standard InChI is InChI=1S/C16H32N2/c1-4-9-18(12-15-7-5-6-8-17-15)16-10-14(11-16)13(2)3/h13-17H,4-12H2,1-3H3. The van der Waals surface area contributed by atoms with Crippen molar-refractivity contribution < 1.29 is 0 Å². The lowest BCUT2D eigenvalue weighted by Gasteiger charge is -2.46. The van der Waals surface area contributed by atoms with Crippen LogP contribution in [-0.2, 0) is 0 Å². The second-order valence-corrected chi connectivity index (χ2v) is 6.77. The minimum atomic E-state index is 0.767. The van der Waals surface area contributed by atoms with Gasteiger partial charge in [0.2, 0.25) is 0 Å². The third-order valence-corrected chi connectivity index (χ3v) is 4.99. The van der Waals surface area contributed by atoms with Gasteiger partial charge in [0.15, 0.2) is 0 Å². The Morgan fingerprint density at radius 2 is 2.00 bits per heavy atom. The fraction of sp³-hybridized carbons (Fsp3) is 1.00. The van der Waals surface area contributed by atoms with Crippen LogP contribution >= 0.6 is 0 Å². The van der Waals surface area contributed by atoms with Gasteiger partial charge in [0.25, 0.3) is 0 Å². The van der Waals surface area contributed by atoms with Crippen LogP contribution < -0.4 is 5.32 Å². The summed E-state index contributed by atoms with van der Waals surface area (Å²) >= 11 is 0. The Kier molecular flexibility index (Phi) is 5.50. The molecule has 0 spiro atoms. The lowest BCUT2D eigenvalue weighted by molar-refractivity contribution is 0.0462. The van der Waals surface area contributed by atoms with E-state index >= 15 is 0 Å². The van der Waals surface area contributed by atoms with Gasteiger partial charge in [0.1, 0.15) is 0 Å². The summed E-state index contributed by atoms with van der Waals surface area (Å²) in [5.74, 6) is 1.88. The van der Waals surface area contributed by atoms with E-state index in [-0.39, 0.29) is 0 Å². The minimum absolute atomic E-state index is 0.767. The highest BCUT2D eigenvalue weighted by molar-refractivity contribution is 4.90. The first-order chi connectivity index (χ1) is 8.70. The summed E-state index contributed by atoms with van der Waals surface area (Å²) in [6.45, 7) is 10.9. The number of nitrogens with zero attached hydrogens (tertiary/aromatic N) is 1. The average molecular weight is 252 g/mol. The summed E-state index contributed by atoms with van der Waals surface area (Å²) in [6.07, 6.45) is 8.39. The molecule has 2 rings (SSSR count). The third-order valence-electron chi connectivity index (χ3n) is 4.99. The van der Waals surface area contributed by atoms with Crippen molar-refractivity contribution in [1.29, 1.82) is 0 Å². The molecule has 0 aromatic rings. The van der Waals surface area contributed by atoms with Crippen molar-refractivity contribution in [2.45, 2.75) is 71.4 Å². The molecule has 2 nitrogen and oxygen atoms in total. The molecule has 1 aliphatic heterocycles. The Labute approximate surface area is 114 Å². The lowest BCUT2D eigenvalue weighted by Crippen LogP contribution is -2.52. The molecule has 1 aliphatic carbocycles. The first-order valence-electron chi connectivity index (χ1n) is 8.18. The Bertz CT molecular complexity index is 227. The fourth-order valence-electron chi connectivity index (χ4n) is 3.55. The normalized spacial score (nSPS) is 32.8. The largest absolute Gasteiger partial charge is 0.313 e. The fourth-order valence-corrected chi connectivity index (χ4v) is 3.55. The van der Waals surface area contributed by atoms with Crippen LogP contribution in [0, 0.1) is 11.8 Å². The van der Waals surface area contributed by atoms with Crippen molar-refractivity contribution in [2.24, 2.45) is 11.8 Å². The van der Waals surface area contributed by atoms with Crippen LogP contribution in [0.2, 0.25) is 0 Å². The van der Waals surface area contributed by atoms with E-state index < -0.39 is 0 Å². The summed E-state index contributed by atoms with van der Waals surface area (Å²) in [7, 11) is 0. The van der Waals surface area contributed by atoms with Crippen molar-refractivity contribution in [1.82, 2.24) is 10.2 Å². The molecule has 1 saturated heterocycles. The van der Waals surface area contributed by atoms with Gasteiger partial charge in [0.05, 0.1) is 0 Å². The van der Waals surface area contributed by atoms with Crippen LogP contribution in [-0.4, -0.2) is 36.6 Å². The summed E-state index contributed by atoms with van der Waals surface area (Å²) < 4.78 is 0. The second-order valence-electron chi connectivity index (χ2n) is 6.77. The number of hydrogen-bond donors (Lipinski definition) is 1. The van der Waals surface area contributed by atoms with Gasteiger partial charge in [-0.3, -0.25) is 4.90 Å². The molecule has 1 atom stereocenters. The van der Waals surface area contributed by atoms with Crippen LogP contribution in [0.1, 0.15) is 59.3 Å². The third kappa shape index (κ3) is 3.71. The SMILES string of the molecule is CCCN(CC1CCCCN1)C1CC(C(C)C)C1. The molecule has 1 heterocycles. The van der Waals surface area contributed by atoms with Crippen LogP contribution in [0.5, 0.6) is 0 Å². The van der Waals surface area contributed by atoms with E-state index in [0.717, 1.165) is 23.9 Å². The Morgan fingerprint density at radius 3 is 2.56 bits per heavy atom. The summed E-state index contributed by atoms with van der Waals surface area (Å²) in [5.41, 5.74) is 0. The van der Waals surface area contributed by atoms with Crippen molar-refractivity contribution in [3.63, 3.8) is 0 Å². The first kappa shape index (κ1) is 14.3. The van der Waals surface area contributed by atoms with E-state index in [0.29, 0.717) is 0 Å². The zero-order valence-corrected chi connectivity index (χ0v) is 12.6. The summed E-state index contributed by atoms with van der Waals surface area (Å²) in [5, 5.41) is 3.70. The maximum absolute atomic E-state index is 3.70. The van der Waals surface area contributed by atoms with Crippen LogP contribution in [0.15, 0.2) is 0 Å². The first-order valence-corrected chi connectivity index (χ1v) is 8.18. The van der Waals surface area contributed by atoms with E-state index in [1.165, 1.54) is 58.2 Å². The monoisotopic (exact) mass is 252 g/mol. The molecule has 1 saturated carbocycles. The van der Waals surface area contributed by atoms with Crippen LogP contribution in [0.4, 0.5) is 0 Å². The maximum atomic E-state index is 3.70. The second kappa shape index (κ2) is 6.91. The average Bonchev–Trinajstić information content (AvgIpc) is 2.28. The minimum Gasteiger partial charge on any atom is -0.313 e. The Morgan fingerprint density at radius 1 is 1.22 bits per heavy atom. The van der Waals surface area contributed by atoms with E-state index in [4.69, 9.17) is 0 Å². The van der Waals surface area contributed by atoms with E-state index in [1.54, 1.807) is 0 Å². The van der Waals surface area contributed by atoms with Gasteiger partial charge in [-0.25, -0.2) is 0 Å². The molecular weight excluding hydrogens is 220 g/mol. The molecule has 0 bridgehead atoms. The number of hydrogen-bond acceptors (Lipinski definition) is 2. The molecule has 0 radical (unpaired) electrons. The van der Waals surface area contributed by atoms with Gasteiger partial charge in [-0.2, -0.15) is 0 Å². The van der Waals surface area contributed by atoms with Gasteiger partial charge < -0.3 is 5.32 Å². The van der Waals surface area contributed by atoms with Gasteiger partial charge >= 0.3 is 0 Å². The molecule has 1 N–H and O–H groups in total. The molecule has 0 aromatic carbocycles. The van der Waals surface area contributed by atoms with Crippen molar-refractivity contribution in [3.05, 3.63) is 0 Å². The van der Waals surface area contributed by atoms with Crippen LogP contribution in [0.25, 0.3) is 0 Å². The smallest absolute Gasteiger partial charge is 0.0195 e. The quantitative estimate of drug-likeness (QED) is 0.780. The zero-order chi connectivity index (χ0) is 13.0. The predicted octanol–water partition coefficient (Wildman–Crippen LogP) is 3.28. The van der Waals surface area contributed by atoms with E-state index in [9.17, 15) is 0 Å². The number of rotatable bonds is 6. The molecule has 0 amide bonds. The van der Waals surface area contributed by atoms with Gasteiger partial charge in [-0.1, -0.05) is 27.2 Å². The topological polar surface area (TPSA) is 15.3 Å².